The van der Waals surface area contributed by atoms with Crippen molar-refractivity contribution in [3.05, 3.63) is 46.1 Å². The Bertz CT molecular complexity index is 1040. The van der Waals surface area contributed by atoms with Crippen molar-refractivity contribution >= 4 is 16.1 Å². The molecule has 1 heterocycles. The van der Waals surface area contributed by atoms with Gasteiger partial charge in [-0.1, -0.05) is 29.6 Å². The van der Waals surface area contributed by atoms with Gasteiger partial charge in [0.15, 0.2) is 0 Å². The maximum atomic E-state index is 13.1. The summed E-state index contributed by atoms with van der Waals surface area (Å²) in [6.45, 7) is 1.63. The molecule has 1 fully saturated rings. The van der Waals surface area contributed by atoms with Crippen LogP contribution in [0.4, 0.5) is 9.18 Å². The van der Waals surface area contributed by atoms with Gasteiger partial charge in [-0.15, -0.1) is 9.78 Å². The molecule has 152 valence electrons. The number of carbonyl (C=O) groups excluding carboxylic acids is 1. The maximum absolute atomic E-state index is 13.1. The Kier molecular flexibility index (Phi) is 5.66. The fourth-order valence-electron chi connectivity index (χ4n) is 2.91. The van der Waals surface area contributed by atoms with Gasteiger partial charge in [0, 0.05) is 6.04 Å². The van der Waals surface area contributed by atoms with Crippen molar-refractivity contribution in [2.75, 3.05) is 13.3 Å². The van der Waals surface area contributed by atoms with E-state index in [1.54, 1.807) is 26.0 Å². The summed E-state index contributed by atoms with van der Waals surface area (Å²) in [6.07, 6.45) is 1.95. The minimum atomic E-state index is -4.50. The summed E-state index contributed by atoms with van der Waals surface area (Å²) >= 11 is 0. The molecule has 0 atom stereocenters. The quantitative estimate of drug-likeness (QED) is 0.643. The van der Waals surface area contributed by atoms with Crippen LogP contribution in [0.5, 0.6) is 0 Å². The molecular formula is C17H21FN4O5S. The zero-order valence-electron chi connectivity index (χ0n) is 15.5. The summed E-state index contributed by atoms with van der Waals surface area (Å²) in [5, 5.41) is 3.89. The average Bonchev–Trinajstić information content (AvgIpc) is 3.46. The molecule has 0 bridgehead atoms. The van der Waals surface area contributed by atoms with Crippen LogP contribution < -0.4 is 5.69 Å². The summed E-state index contributed by atoms with van der Waals surface area (Å²) in [5.41, 5.74) is -0.297. The van der Waals surface area contributed by atoms with E-state index in [2.05, 4.69) is 5.10 Å². The van der Waals surface area contributed by atoms with Crippen LogP contribution in [0, 0.1) is 6.92 Å². The zero-order valence-corrected chi connectivity index (χ0v) is 16.4. The third-order valence-electron chi connectivity index (χ3n) is 4.37. The molecule has 1 aliphatic rings. The molecule has 28 heavy (non-hydrogen) atoms. The Balaban J connectivity index is 2.06. The van der Waals surface area contributed by atoms with E-state index in [0.29, 0.717) is 16.7 Å². The van der Waals surface area contributed by atoms with Crippen LogP contribution in [-0.4, -0.2) is 46.5 Å². The highest BCUT2D eigenvalue weighted by molar-refractivity contribution is 7.89. The van der Waals surface area contributed by atoms with Gasteiger partial charge >= 0.3 is 11.7 Å². The zero-order chi connectivity index (χ0) is 20.5. The van der Waals surface area contributed by atoms with Gasteiger partial charge in [0.1, 0.15) is 19.1 Å². The number of amides is 1. The first kappa shape index (κ1) is 20.2. The van der Waals surface area contributed by atoms with E-state index < -0.39 is 35.0 Å². The Labute approximate surface area is 161 Å². The number of aromatic nitrogens is 3. The van der Waals surface area contributed by atoms with Crippen molar-refractivity contribution < 1.29 is 22.4 Å². The summed E-state index contributed by atoms with van der Waals surface area (Å²) in [7, 11) is -4.50. The lowest BCUT2D eigenvalue weighted by Gasteiger charge is -2.21. The van der Waals surface area contributed by atoms with Crippen molar-refractivity contribution in [3.63, 3.8) is 0 Å². The Morgan fingerprint density at radius 1 is 1.36 bits per heavy atom. The van der Waals surface area contributed by atoms with E-state index in [1.807, 2.05) is 0 Å². The number of nitrogens with zero attached hydrogens (tertiary/aromatic N) is 4. The molecule has 0 spiro atoms. The predicted octanol–water partition coefficient (Wildman–Crippen LogP) is 1.81. The largest absolute Gasteiger partial charge is 0.388 e. The molecule has 0 saturated heterocycles. The number of alkyl halides is 1. The number of hydrogen-bond donors (Lipinski definition) is 0. The summed E-state index contributed by atoms with van der Waals surface area (Å²) < 4.78 is 40.7. The van der Waals surface area contributed by atoms with Crippen LogP contribution in [0.1, 0.15) is 37.2 Å². The number of carbonyl (C=O) groups is 1. The van der Waals surface area contributed by atoms with E-state index in [4.69, 9.17) is 4.84 Å². The first-order chi connectivity index (χ1) is 13.3. The summed E-state index contributed by atoms with van der Waals surface area (Å²) in [4.78, 5) is 30.2. The molecule has 11 heteroatoms. The molecule has 1 aliphatic carbocycles. The normalized spacial score (nSPS) is 14.2. The molecular weight excluding hydrogens is 391 g/mol. The fraction of sp³-hybridized carbons (Fsp3) is 0.471. The molecule has 3 rings (SSSR count). The topological polar surface area (TPSA) is 104 Å². The second kappa shape index (κ2) is 7.84. The van der Waals surface area contributed by atoms with Crippen LogP contribution in [-0.2, 0) is 21.3 Å². The molecule has 1 saturated carbocycles. The number of sulfonamides is 1. The molecule has 0 aliphatic heterocycles. The van der Waals surface area contributed by atoms with Gasteiger partial charge in [0.25, 0.3) is 10.0 Å². The van der Waals surface area contributed by atoms with Gasteiger partial charge in [0.2, 0.25) is 0 Å². The van der Waals surface area contributed by atoms with Crippen LogP contribution in [0.15, 0.2) is 34.0 Å². The minimum Gasteiger partial charge on any atom is -0.276 e. The summed E-state index contributed by atoms with van der Waals surface area (Å²) in [5.74, 6) is 0.289. The van der Waals surface area contributed by atoms with Gasteiger partial charge in [-0.25, -0.2) is 14.0 Å². The lowest BCUT2D eigenvalue weighted by Crippen LogP contribution is -2.44. The molecule has 9 nitrogen and oxygen atoms in total. The molecule has 0 N–H and O–H groups in total. The number of aryl methyl sites for hydroxylation is 2. The Hall–Kier alpha value is -2.53. The van der Waals surface area contributed by atoms with Crippen LogP contribution in [0.25, 0.3) is 0 Å². The van der Waals surface area contributed by atoms with Gasteiger partial charge in [0.05, 0.1) is 4.90 Å². The molecule has 0 unspecified atom stereocenters. The van der Waals surface area contributed by atoms with Crippen molar-refractivity contribution in [3.8, 4) is 0 Å². The van der Waals surface area contributed by atoms with Gasteiger partial charge in [-0.05, 0) is 37.8 Å². The van der Waals surface area contributed by atoms with E-state index >= 15 is 0 Å². The van der Waals surface area contributed by atoms with Gasteiger partial charge in [-0.2, -0.15) is 8.42 Å². The van der Waals surface area contributed by atoms with E-state index in [-0.39, 0.29) is 21.2 Å². The Morgan fingerprint density at radius 2 is 2.04 bits per heavy atom. The van der Waals surface area contributed by atoms with Gasteiger partial charge in [-0.3, -0.25) is 9.40 Å². The third kappa shape index (κ3) is 3.59. The number of halogens is 1. The number of benzene rings is 1. The molecule has 0 radical (unpaired) electrons. The van der Waals surface area contributed by atoms with Crippen molar-refractivity contribution in [2.24, 2.45) is 0 Å². The van der Waals surface area contributed by atoms with E-state index in [0.717, 1.165) is 12.8 Å². The average molecular weight is 412 g/mol. The number of hydrogen-bond acceptors (Lipinski definition) is 6. The molecule has 1 amide bonds. The molecule has 1 aromatic carbocycles. The second-order valence-electron chi connectivity index (χ2n) is 6.34. The maximum Gasteiger partial charge on any atom is 0.388 e. The van der Waals surface area contributed by atoms with Crippen LogP contribution in [0.3, 0.4) is 0 Å². The third-order valence-corrected chi connectivity index (χ3v) is 6.02. The second-order valence-corrected chi connectivity index (χ2v) is 8.06. The first-order valence-corrected chi connectivity index (χ1v) is 10.3. The molecule has 1 aromatic heterocycles. The highest BCUT2D eigenvalue weighted by Crippen LogP contribution is 2.34. The lowest BCUT2D eigenvalue weighted by atomic mass is 10.2. The van der Waals surface area contributed by atoms with Crippen LogP contribution in [0.2, 0.25) is 0 Å². The monoisotopic (exact) mass is 412 g/mol. The number of rotatable bonds is 7. The van der Waals surface area contributed by atoms with E-state index in [9.17, 15) is 22.4 Å². The van der Waals surface area contributed by atoms with Crippen molar-refractivity contribution in [1.82, 2.24) is 18.8 Å². The fourth-order valence-corrected chi connectivity index (χ4v) is 4.38. The smallest absolute Gasteiger partial charge is 0.276 e. The number of hydroxylamine groups is 1. The van der Waals surface area contributed by atoms with Crippen molar-refractivity contribution in [2.45, 2.75) is 44.0 Å². The minimum absolute atomic E-state index is 0.0478. The summed E-state index contributed by atoms with van der Waals surface area (Å²) in [6, 6.07) is 4.73. The van der Waals surface area contributed by atoms with E-state index in [1.165, 1.54) is 16.7 Å². The SMILES string of the molecule is CCc1ccccc1S(=O)(=O)N(OCCF)C(=O)n1nc(C)n(C2CC2)c1=O. The Morgan fingerprint density at radius 3 is 2.64 bits per heavy atom. The molecule has 2 aromatic rings. The first-order valence-electron chi connectivity index (χ1n) is 8.87. The lowest BCUT2D eigenvalue weighted by molar-refractivity contribution is -0.0537. The van der Waals surface area contributed by atoms with Gasteiger partial charge < -0.3 is 0 Å². The van der Waals surface area contributed by atoms with Crippen LogP contribution >= 0.6 is 0 Å². The predicted molar refractivity (Wildman–Crippen MR) is 97.1 cm³/mol. The highest BCUT2D eigenvalue weighted by Gasteiger charge is 2.37. The van der Waals surface area contributed by atoms with Crippen molar-refractivity contribution in [1.29, 1.82) is 0 Å². The standard InChI is InChI=1S/C17H21FN4O5S/c1-3-13-6-4-5-7-15(13)28(25,26)22(27-11-10-18)17(24)21-16(23)20(12(2)19-21)14-8-9-14/h4-7,14H,3,8-11H2,1-2H3. The highest BCUT2D eigenvalue weighted by atomic mass is 32.2.